The Labute approximate surface area is 204 Å². The maximum atomic E-state index is 12.9. The third kappa shape index (κ3) is 6.10. The van der Waals surface area contributed by atoms with Gasteiger partial charge in [0.1, 0.15) is 12.4 Å². The molecule has 0 unspecified atom stereocenters. The molecule has 4 aromatic rings. The molecule has 0 aliphatic rings. The highest BCUT2D eigenvalue weighted by molar-refractivity contribution is 6.34. The summed E-state index contributed by atoms with van der Waals surface area (Å²) in [5, 5.41) is 17.8. The first kappa shape index (κ1) is 23.7. The second kappa shape index (κ2) is 10.6. The van der Waals surface area contributed by atoms with Crippen molar-refractivity contribution < 1.29 is 19.1 Å². The quantitative estimate of drug-likeness (QED) is 0.252. The molecule has 10 heteroatoms. The molecule has 8 nitrogen and oxygen atoms in total. The molecule has 0 radical (unpaired) electrons. The van der Waals surface area contributed by atoms with Crippen molar-refractivity contribution in [3.63, 3.8) is 0 Å². The van der Waals surface area contributed by atoms with Gasteiger partial charge in [0, 0.05) is 16.9 Å². The van der Waals surface area contributed by atoms with E-state index in [1.165, 1.54) is 42.7 Å². The number of anilines is 4. The molecule has 0 saturated carbocycles. The minimum atomic E-state index is -0.677. The van der Waals surface area contributed by atoms with Crippen LogP contribution in [0, 0.1) is 0 Å². The van der Waals surface area contributed by atoms with E-state index in [0.29, 0.717) is 34.1 Å². The van der Waals surface area contributed by atoms with Gasteiger partial charge in [0.05, 0.1) is 28.7 Å². The Morgan fingerprint density at radius 1 is 0.857 bits per heavy atom. The van der Waals surface area contributed by atoms with Crippen molar-refractivity contribution in [3.05, 3.63) is 101 Å². The highest BCUT2D eigenvalue weighted by Crippen LogP contribution is 2.23. The van der Waals surface area contributed by atoms with Crippen LogP contribution in [0.4, 0.5) is 27.4 Å². The lowest BCUT2D eigenvalue weighted by Crippen LogP contribution is -2.15. The van der Waals surface area contributed by atoms with Gasteiger partial charge in [0.15, 0.2) is 0 Å². The van der Waals surface area contributed by atoms with Gasteiger partial charge in [-0.1, -0.05) is 23.7 Å². The van der Waals surface area contributed by atoms with E-state index in [0.717, 1.165) is 0 Å². The van der Waals surface area contributed by atoms with Crippen LogP contribution in [-0.4, -0.2) is 26.9 Å². The number of alkyl halides is 1. The van der Waals surface area contributed by atoms with Gasteiger partial charge >= 0.3 is 0 Å². The van der Waals surface area contributed by atoms with Gasteiger partial charge in [0.2, 0.25) is 5.95 Å². The number of hydrogen-bond acceptors (Lipinski definition) is 6. The summed E-state index contributed by atoms with van der Waals surface area (Å²) in [6.45, 7) is -0.677. The van der Waals surface area contributed by atoms with Gasteiger partial charge in [-0.15, -0.1) is 0 Å². The molecule has 3 aromatic carbocycles. The average molecular weight is 492 g/mol. The number of phenolic OH excluding ortho intramolecular Hbond substituents is 1. The first-order valence-corrected chi connectivity index (χ1v) is 10.7. The zero-order chi connectivity index (χ0) is 24.8. The molecule has 176 valence electrons. The van der Waals surface area contributed by atoms with Gasteiger partial charge in [-0.2, -0.15) is 0 Å². The van der Waals surface area contributed by atoms with Crippen molar-refractivity contribution in [1.82, 2.24) is 9.97 Å². The lowest BCUT2D eigenvalue weighted by Gasteiger charge is -2.11. The van der Waals surface area contributed by atoms with Crippen LogP contribution in [-0.2, 0) is 6.67 Å². The second-order valence-corrected chi connectivity index (χ2v) is 7.81. The summed E-state index contributed by atoms with van der Waals surface area (Å²) >= 11 is 6.20. The summed E-state index contributed by atoms with van der Waals surface area (Å²) in [5.41, 5.74) is 2.18. The number of aromatic hydroxyl groups is 1. The lowest BCUT2D eigenvalue weighted by molar-refractivity contribution is 0.101. The SMILES string of the molecule is O=C(Nc1ccc(Cl)c(C(=O)Nc2cnc(Nc3ccc(O)cc3)nc2)c1)c1cccc(CF)c1. The number of rotatable bonds is 7. The van der Waals surface area contributed by atoms with Crippen molar-refractivity contribution in [2.45, 2.75) is 6.67 Å². The molecule has 4 rings (SSSR count). The van der Waals surface area contributed by atoms with E-state index in [1.807, 2.05) is 0 Å². The summed E-state index contributed by atoms with van der Waals surface area (Å²) in [6.07, 6.45) is 2.84. The molecule has 2 amide bonds. The number of carbonyl (C=O) groups excluding carboxylic acids is 2. The zero-order valence-electron chi connectivity index (χ0n) is 18.1. The molecule has 35 heavy (non-hydrogen) atoms. The number of amides is 2. The van der Waals surface area contributed by atoms with Crippen LogP contribution in [0.3, 0.4) is 0 Å². The number of benzene rings is 3. The van der Waals surface area contributed by atoms with E-state index in [-0.39, 0.29) is 16.3 Å². The minimum Gasteiger partial charge on any atom is -0.508 e. The molecule has 1 aromatic heterocycles. The fourth-order valence-electron chi connectivity index (χ4n) is 3.11. The Balaban J connectivity index is 1.43. The number of nitrogens with one attached hydrogen (secondary N) is 3. The summed E-state index contributed by atoms with van der Waals surface area (Å²) < 4.78 is 12.9. The summed E-state index contributed by atoms with van der Waals surface area (Å²) in [4.78, 5) is 33.6. The first-order chi connectivity index (χ1) is 16.9. The molecule has 0 aliphatic carbocycles. The number of carbonyl (C=O) groups is 2. The number of halogens is 2. The molecule has 1 heterocycles. The van der Waals surface area contributed by atoms with Gasteiger partial charge in [-0.25, -0.2) is 14.4 Å². The van der Waals surface area contributed by atoms with Crippen molar-refractivity contribution >= 4 is 46.4 Å². The predicted octanol–water partition coefficient (Wildman–Crippen LogP) is 5.55. The molecule has 0 atom stereocenters. The Hall–Kier alpha value is -4.50. The summed E-state index contributed by atoms with van der Waals surface area (Å²) in [7, 11) is 0. The third-order valence-corrected chi connectivity index (χ3v) is 5.18. The van der Waals surface area contributed by atoms with Crippen LogP contribution in [0.2, 0.25) is 5.02 Å². The lowest BCUT2D eigenvalue weighted by atomic mass is 10.1. The predicted molar refractivity (Wildman–Crippen MR) is 132 cm³/mol. The molecular weight excluding hydrogens is 473 g/mol. The molecule has 0 spiro atoms. The van der Waals surface area contributed by atoms with E-state index in [1.54, 1.807) is 36.4 Å². The monoisotopic (exact) mass is 491 g/mol. The topological polar surface area (TPSA) is 116 Å². The van der Waals surface area contributed by atoms with E-state index < -0.39 is 18.5 Å². The summed E-state index contributed by atoms with van der Waals surface area (Å²) in [5.74, 6) is -0.524. The highest BCUT2D eigenvalue weighted by atomic mass is 35.5. The van der Waals surface area contributed by atoms with E-state index in [2.05, 4.69) is 25.9 Å². The number of nitrogens with zero attached hydrogens (tertiary/aromatic N) is 2. The minimum absolute atomic E-state index is 0.133. The molecular formula is C25H19ClFN5O3. The van der Waals surface area contributed by atoms with Gasteiger partial charge < -0.3 is 21.1 Å². The van der Waals surface area contributed by atoms with Crippen LogP contribution in [0.15, 0.2) is 79.1 Å². The Kier molecular flexibility index (Phi) is 7.18. The third-order valence-electron chi connectivity index (χ3n) is 4.85. The molecule has 0 aliphatic heterocycles. The standard InChI is InChI=1S/C25H19ClFN5O3/c26-22-9-6-18(30-23(34)16-3-1-2-15(10-16)12-27)11-21(22)24(35)31-19-13-28-25(29-14-19)32-17-4-7-20(33)8-5-17/h1-11,13-14,33H,12H2,(H,30,34)(H,31,35)(H,28,29,32). The highest BCUT2D eigenvalue weighted by Gasteiger charge is 2.14. The van der Waals surface area contributed by atoms with Gasteiger partial charge in [-0.05, 0) is 60.2 Å². The Morgan fingerprint density at radius 2 is 1.54 bits per heavy atom. The Morgan fingerprint density at radius 3 is 2.26 bits per heavy atom. The number of aromatic nitrogens is 2. The van der Waals surface area contributed by atoms with Gasteiger partial charge in [0.25, 0.3) is 11.8 Å². The normalized spacial score (nSPS) is 10.5. The fraction of sp³-hybridized carbons (Fsp3) is 0.0400. The van der Waals surface area contributed by atoms with Crippen molar-refractivity contribution in [3.8, 4) is 5.75 Å². The zero-order valence-corrected chi connectivity index (χ0v) is 18.9. The fourth-order valence-corrected chi connectivity index (χ4v) is 3.31. The molecule has 4 N–H and O–H groups in total. The van der Waals surface area contributed by atoms with Crippen LogP contribution >= 0.6 is 11.6 Å². The number of hydrogen-bond donors (Lipinski definition) is 4. The second-order valence-electron chi connectivity index (χ2n) is 7.40. The van der Waals surface area contributed by atoms with Crippen LogP contribution in [0.25, 0.3) is 0 Å². The number of phenols is 1. The summed E-state index contributed by atoms with van der Waals surface area (Å²) in [6, 6.07) is 17.1. The van der Waals surface area contributed by atoms with Crippen molar-refractivity contribution in [2.24, 2.45) is 0 Å². The maximum absolute atomic E-state index is 12.9. The maximum Gasteiger partial charge on any atom is 0.257 e. The van der Waals surface area contributed by atoms with E-state index >= 15 is 0 Å². The Bertz CT molecular complexity index is 1360. The van der Waals surface area contributed by atoms with E-state index in [4.69, 9.17) is 11.6 Å². The molecule has 0 bridgehead atoms. The van der Waals surface area contributed by atoms with Crippen molar-refractivity contribution in [1.29, 1.82) is 0 Å². The van der Waals surface area contributed by atoms with Crippen molar-refractivity contribution in [2.75, 3.05) is 16.0 Å². The van der Waals surface area contributed by atoms with Crippen LogP contribution in [0.5, 0.6) is 5.75 Å². The van der Waals surface area contributed by atoms with Crippen LogP contribution < -0.4 is 16.0 Å². The molecule has 0 saturated heterocycles. The van der Waals surface area contributed by atoms with Crippen LogP contribution in [0.1, 0.15) is 26.3 Å². The molecule has 0 fully saturated rings. The average Bonchev–Trinajstić information content (AvgIpc) is 2.87. The van der Waals surface area contributed by atoms with E-state index in [9.17, 15) is 19.1 Å². The smallest absolute Gasteiger partial charge is 0.257 e. The first-order valence-electron chi connectivity index (χ1n) is 10.4. The van der Waals surface area contributed by atoms with Gasteiger partial charge in [-0.3, -0.25) is 9.59 Å². The largest absolute Gasteiger partial charge is 0.508 e.